The number of carbonyl (C=O) groups excluding carboxylic acids is 1. The van der Waals surface area contributed by atoms with Crippen LogP contribution in [0.2, 0.25) is 5.02 Å². The molecule has 0 saturated carbocycles. The molecule has 1 amide bonds. The highest BCUT2D eigenvalue weighted by Crippen LogP contribution is 2.20. The van der Waals surface area contributed by atoms with Gasteiger partial charge in [-0.2, -0.15) is 10.2 Å². The zero-order valence-electron chi connectivity index (χ0n) is 12.3. The fourth-order valence-corrected chi connectivity index (χ4v) is 2.13. The van der Waals surface area contributed by atoms with E-state index in [1.54, 1.807) is 48.5 Å². The minimum atomic E-state index is -0.477. The topological polar surface area (TPSA) is 70.1 Å². The van der Waals surface area contributed by atoms with Crippen molar-refractivity contribution in [1.29, 1.82) is 0 Å². The molecular weight excluding hydrogens is 331 g/mol. The van der Waals surface area contributed by atoms with Crippen molar-refractivity contribution in [3.8, 4) is 11.3 Å². The number of hydrazone groups is 1. The van der Waals surface area contributed by atoms with Crippen molar-refractivity contribution in [3.05, 3.63) is 76.7 Å². The van der Waals surface area contributed by atoms with Gasteiger partial charge in [0.15, 0.2) is 0 Å². The standard InChI is InChI=1S/C17H12ClFN4O/c18-13-7-5-11(6-8-13)15-9-16(22-21-15)17(24)23-20-10-12-3-1-2-4-14(12)19/h1-10H,(H,21,22)(H,23,24)/b20-10+. The zero-order chi connectivity index (χ0) is 16.9. The van der Waals surface area contributed by atoms with Crippen molar-refractivity contribution in [1.82, 2.24) is 15.6 Å². The van der Waals surface area contributed by atoms with E-state index in [2.05, 4.69) is 20.7 Å². The summed E-state index contributed by atoms with van der Waals surface area (Å²) in [6.45, 7) is 0. The average molecular weight is 343 g/mol. The van der Waals surface area contributed by atoms with Gasteiger partial charge in [-0.15, -0.1) is 0 Å². The van der Waals surface area contributed by atoms with Crippen LogP contribution in [0.3, 0.4) is 0 Å². The van der Waals surface area contributed by atoms with E-state index in [9.17, 15) is 9.18 Å². The predicted octanol–water partition coefficient (Wildman–Crippen LogP) is 3.63. The van der Waals surface area contributed by atoms with Crippen molar-refractivity contribution < 1.29 is 9.18 Å². The summed E-state index contributed by atoms with van der Waals surface area (Å²) in [7, 11) is 0. The third-order valence-electron chi connectivity index (χ3n) is 3.24. The highest BCUT2D eigenvalue weighted by Gasteiger charge is 2.10. The Morgan fingerprint density at radius 1 is 1.21 bits per heavy atom. The molecule has 0 fully saturated rings. The second kappa shape index (κ2) is 7.06. The molecule has 24 heavy (non-hydrogen) atoms. The summed E-state index contributed by atoms with van der Waals surface area (Å²) in [6, 6.07) is 14.8. The van der Waals surface area contributed by atoms with Gasteiger partial charge in [0, 0.05) is 16.1 Å². The Morgan fingerprint density at radius 3 is 2.71 bits per heavy atom. The summed E-state index contributed by atoms with van der Waals surface area (Å²) in [5.41, 5.74) is 4.27. The molecule has 0 aliphatic carbocycles. The van der Waals surface area contributed by atoms with Crippen LogP contribution in [-0.2, 0) is 0 Å². The number of amides is 1. The third kappa shape index (κ3) is 3.67. The number of hydrogen-bond acceptors (Lipinski definition) is 3. The number of H-pyrrole nitrogens is 1. The first-order valence-corrected chi connectivity index (χ1v) is 7.40. The first-order valence-electron chi connectivity index (χ1n) is 7.03. The smallest absolute Gasteiger partial charge is 0.272 e. The maximum Gasteiger partial charge on any atom is 0.289 e. The lowest BCUT2D eigenvalue weighted by atomic mass is 10.1. The number of nitrogens with zero attached hydrogens (tertiary/aromatic N) is 2. The van der Waals surface area contributed by atoms with E-state index in [-0.39, 0.29) is 11.3 Å². The van der Waals surface area contributed by atoms with Crippen molar-refractivity contribution in [2.45, 2.75) is 0 Å². The molecule has 0 aliphatic heterocycles. The molecular formula is C17H12ClFN4O. The Bertz CT molecular complexity index is 890. The molecule has 0 unspecified atom stereocenters. The van der Waals surface area contributed by atoms with Gasteiger partial charge in [0.2, 0.25) is 0 Å². The van der Waals surface area contributed by atoms with Crippen LogP contribution in [0.15, 0.2) is 59.7 Å². The summed E-state index contributed by atoms with van der Waals surface area (Å²) in [5.74, 6) is -0.891. The SMILES string of the molecule is O=C(N/N=C/c1ccccc1F)c1cc(-c2ccc(Cl)cc2)n[nH]1. The molecule has 120 valence electrons. The van der Waals surface area contributed by atoms with Crippen molar-refractivity contribution in [2.75, 3.05) is 0 Å². The Labute approximate surface area is 142 Å². The van der Waals surface area contributed by atoms with Crippen LogP contribution in [0.4, 0.5) is 4.39 Å². The van der Waals surface area contributed by atoms with Crippen LogP contribution in [-0.4, -0.2) is 22.3 Å². The summed E-state index contributed by atoms with van der Waals surface area (Å²) < 4.78 is 13.4. The van der Waals surface area contributed by atoms with Crippen LogP contribution < -0.4 is 5.43 Å². The van der Waals surface area contributed by atoms with Gasteiger partial charge in [-0.05, 0) is 24.3 Å². The fourth-order valence-electron chi connectivity index (χ4n) is 2.01. The molecule has 0 spiro atoms. The third-order valence-corrected chi connectivity index (χ3v) is 3.49. The summed E-state index contributed by atoms with van der Waals surface area (Å²) >= 11 is 5.84. The van der Waals surface area contributed by atoms with Gasteiger partial charge in [0.1, 0.15) is 11.5 Å². The maximum absolute atomic E-state index is 13.4. The van der Waals surface area contributed by atoms with Crippen LogP contribution in [0.5, 0.6) is 0 Å². The number of benzene rings is 2. The van der Waals surface area contributed by atoms with Crippen LogP contribution in [0.25, 0.3) is 11.3 Å². The molecule has 5 nitrogen and oxygen atoms in total. The van der Waals surface area contributed by atoms with Gasteiger partial charge in [0.25, 0.3) is 5.91 Å². The van der Waals surface area contributed by atoms with Crippen molar-refractivity contribution in [2.24, 2.45) is 5.10 Å². The Hall–Kier alpha value is -2.99. The van der Waals surface area contributed by atoms with Gasteiger partial charge in [-0.1, -0.05) is 41.9 Å². The zero-order valence-corrected chi connectivity index (χ0v) is 13.1. The minimum absolute atomic E-state index is 0.241. The Morgan fingerprint density at radius 2 is 1.96 bits per heavy atom. The molecule has 0 saturated heterocycles. The van der Waals surface area contributed by atoms with E-state index in [0.717, 1.165) is 5.56 Å². The molecule has 1 aromatic heterocycles. The van der Waals surface area contributed by atoms with Crippen molar-refractivity contribution >= 4 is 23.7 Å². The molecule has 3 rings (SSSR count). The Balaban J connectivity index is 1.68. The predicted molar refractivity (Wildman–Crippen MR) is 90.5 cm³/mol. The van der Waals surface area contributed by atoms with E-state index in [1.165, 1.54) is 12.3 Å². The first kappa shape index (κ1) is 15.9. The molecule has 3 aromatic rings. The van der Waals surface area contributed by atoms with Crippen LogP contribution in [0, 0.1) is 5.82 Å². The maximum atomic E-state index is 13.4. The van der Waals surface area contributed by atoms with Gasteiger partial charge in [-0.25, -0.2) is 9.82 Å². The number of hydrogen-bond donors (Lipinski definition) is 2. The van der Waals surface area contributed by atoms with E-state index in [4.69, 9.17) is 11.6 Å². The quantitative estimate of drug-likeness (QED) is 0.561. The summed E-state index contributed by atoms with van der Waals surface area (Å²) in [5, 5.41) is 11.1. The molecule has 1 heterocycles. The van der Waals surface area contributed by atoms with Gasteiger partial charge in [0.05, 0.1) is 11.9 Å². The normalized spacial score (nSPS) is 10.9. The Kier molecular flexibility index (Phi) is 4.67. The van der Waals surface area contributed by atoms with Crippen LogP contribution >= 0.6 is 11.6 Å². The van der Waals surface area contributed by atoms with Gasteiger partial charge < -0.3 is 0 Å². The lowest BCUT2D eigenvalue weighted by Gasteiger charge is -1.97. The molecule has 0 bridgehead atoms. The van der Waals surface area contributed by atoms with E-state index in [1.807, 2.05) is 0 Å². The number of carbonyl (C=O) groups is 1. The van der Waals surface area contributed by atoms with Gasteiger partial charge >= 0.3 is 0 Å². The highest BCUT2D eigenvalue weighted by atomic mass is 35.5. The molecule has 0 atom stereocenters. The second-order valence-corrected chi connectivity index (χ2v) is 5.33. The first-order chi connectivity index (χ1) is 11.6. The van der Waals surface area contributed by atoms with Crippen molar-refractivity contribution in [3.63, 3.8) is 0 Å². The molecule has 2 aromatic carbocycles. The lowest BCUT2D eigenvalue weighted by molar-refractivity contribution is 0.0950. The number of rotatable bonds is 4. The number of aromatic nitrogens is 2. The lowest BCUT2D eigenvalue weighted by Crippen LogP contribution is -2.18. The average Bonchev–Trinajstić information content (AvgIpc) is 3.07. The van der Waals surface area contributed by atoms with Gasteiger partial charge in [-0.3, -0.25) is 9.89 Å². The fraction of sp³-hybridized carbons (Fsp3) is 0. The largest absolute Gasteiger partial charge is 0.289 e. The highest BCUT2D eigenvalue weighted by molar-refractivity contribution is 6.30. The summed E-state index contributed by atoms with van der Waals surface area (Å²) in [6.07, 6.45) is 1.24. The van der Waals surface area contributed by atoms with E-state index < -0.39 is 11.7 Å². The monoisotopic (exact) mass is 342 g/mol. The number of nitrogens with one attached hydrogen (secondary N) is 2. The molecule has 7 heteroatoms. The van der Waals surface area contributed by atoms with E-state index in [0.29, 0.717) is 10.7 Å². The minimum Gasteiger partial charge on any atom is -0.272 e. The summed E-state index contributed by atoms with van der Waals surface area (Å²) in [4.78, 5) is 12.0. The second-order valence-electron chi connectivity index (χ2n) is 4.89. The molecule has 2 N–H and O–H groups in total. The number of aromatic amines is 1. The number of halogens is 2. The molecule has 0 radical (unpaired) electrons. The van der Waals surface area contributed by atoms with E-state index >= 15 is 0 Å². The molecule has 0 aliphatic rings. The van der Waals surface area contributed by atoms with Crippen LogP contribution in [0.1, 0.15) is 16.1 Å².